The van der Waals surface area contributed by atoms with Crippen molar-refractivity contribution < 1.29 is 4.79 Å². The number of hydrogen-bond acceptors (Lipinski definition) is 5. The fourth-order valence-corrected chi connectivity index (χ4v) is 3.67. The van der Waals surface area contributed by atoms with E-state index < -0.39 is 0 Å². The van der Waals surface area contributed by atoms with Crippen molar-refractivity contribution in [2.24, 2.45) is 0 Å². The molecule has 1 N–H and O–H groups in total. The van der Waals surface area contributed by atoms with Gasteiger partial charge in [0.05, 0.1) is 0 Å². The first-order chi connectivity index (χ1) is 13.1. The van der Waals surface area contributed by atoms with Crippen LogP contribution in [-0.4, -0.2) is 49.5 Å². The summed E-state index contributed by atoms with van der Waals surface area (Å²) in [5, 5.41) is 7.42. The predicted octanol–water partition coefficient (Wildman–Crippen LogP) is 2.14. The Bertz CT molecular complexity index is 952. The Morgan fingerprint density at radius 3 is 2.85 bits per heavy atom. The number of carbonyl (C=O) groups is 1. The zero-order valence-corrected chi connectivity index (χ0v) is 15.7. The van der Waals surface area contributed by atoms with E-state index in [1.54, 1.807) is 4.52 Å². The van der Waals surface area contributed by atoms with E-state index in [9.17, 15) is 4.79 Å². The molecule has 140 valence electrons. The summed E-state index contributed by atoms with van der Waals surface area (Å²) in [7, 11) is 0. The van der Waals surface area contributed by atoms with Crippen LogP contribution in [0.5, 0.6) is 0 Å². The van der Waals surface area contributed by atoms with Gasteiger partial charge in [0, 0.05) is 30.5 Å². The highest BCUT2D eigenvalue weighted by Crippen LogP contribution is 2.14. The molecule has 1 unspecified atom stereocenters. The molecule has 27 heavy (non-hydrogen) atoms. The number of likely N-dealkylation sites (tertiary alicyclic amines) is 1. The van der Waals surface area contributed by atoms with E-state index in [2.05, 4.69) is 49.5 Å². The first-order valence-electron chi connectivity index (χ1n) is 9.36. The van der Waals surface area contributed by atoms with Crippen molar-refractivity contribution in [1.82, 2.24) is 29.8 Å². The summed E-state index contributed by atoms with van der Waals surface area (Å²) in [5.74, 6) is 0.410. The smallest absolute Gasteiger partial charge is 0.291 e. The fraction of sp³-hybridized carbons (Fsp3) is 0.400. The molecule has 1 aliphatic heterocycles. The van der Waals surface area contributed by atoms with Crippen LogP contribution in [0.1, 0.15) is 40.4 Å². The fourth-order valence-electron chi connectivity index (χ4n) is 3.67. The number of benzene rings is 1. The lowest BCUT2D eigenvalue weighted by Crippen LogP contribution is -2.47. The van der Waals surface area contributed by atoms with Crippen LogP contribution >= 0.6 is 0 Å². The van der Waals surface area contributed by atoms with Gasteiger partial charge < -0.3 is 5.32 Å². The highest BCUT2D eigenvalue weighted by atomic mass is 16.2. The average molecular weight is 364 g/mol. The van der Waals surface area contributed by atoms with E-state index in [1.165, 1.54) is 5.56 Å². The first-order valence-corrected chi connectivity index (χ1v) is 9.36. The molecule has 0 aliphatic carbocycles. The van der Waals surface area contributed by atoms with Gasteiger partial charge in [-0.05, 0) is 44.9 Å². The Labute approximate surface area is 158 Å². The standard InChI is InChI=1S/C20H24N6O/c1-14-11-15(2)26-20(21-14)23-18(24-26)19(27)22-17-9-6-10-25(13-17)12-16-7-4-3-5-8-16/h3-5,7-8,11,17H,6,9-10,12-13H2,1-2H3,(H,22,27). The molecular formula is C20H24N6O. The van der Waals surface area contributed by atoms with E-state index in [0.29, 0.717) is 5.78 Å². The van der Waals surface area contributed by atoms with Crippen molar-refractivity contribution in [3.8, 4) is 0 Å². The molecule has 7 nitrogen and oxygen atoms in total. The van der Waals surface area contributed by atoms with Crippen LogP contribution < -0.4 is 5.32 Å². The third-order valence-corrected chi connectivity index (χ3v) is 4.91. The lowest BCUT2D eigenvalue weighted by Gasteiger charge is -2.32. The molecular weight excluding hydrogens is 340 g/mol. The summed E-state index contributed by atoms with van der Waals surface area (Å²) in [4.78, 5) is 23.7. The molecule has 0 bridgehead atoms. The normalized spacial score (nSPS) is 17.9. The van der Waals surface area contributed by atoms with Crippen LogP contribution in [-0.2, 0) is 6.54 Å². The van der Waals surface area contributed by atoms with Gasteiger partial charge in [0.15, 0.2) is 0 Å². The second-order valence-electron chi connectivity index (χ2n) is 7.22. The van der Waals surface area contributed by atoms with Crippen molar-refractivity contribution in [3.05, 3.63) is 59.2 Å². The molecule has 0 saturated carbocycles. The molecule has 0 spiro atoms. The van der Waals surface area contributed by atoms with Gasteiger partial charge >= 0.3 is 0 Å². The van der Waals surface area contributed by atoms with Gasteiger partial charge in [0.2, 0.25) is 5.82 Å². The average Bonchev–Trinajstić information content (AvgIpc) is 3.07. The number of hydrogen-bond donors (Lipinski definition) is 1. The molecule has 1 aromatic carbocycles. The van der Waals surface area contributed by atoms with E-state index in [4.69, 9.17) is 0 Å². The Kier molecular flexibility index (Phi) is 4.85. The minimum Gasteiger partial charge on any atom is -0.345 e. The van der Waals surface area contributed by atoms with E-state index in [-0.39, 0.29) is 17.8 Å². The molecule has 1 saturated heterocycles. The van der Waals surface area contributed by atoms with Crippen LogP contribution in [0.3, 0.4) is 0 Å². The number of aromatic nitrogens is 4. The third kappa shape index (κ3) is 3.98. The maximum Gasteiger partial charge on any atom is 0.291 e. The molecule has 3 heterocycles. The minimum atomic E-state index is -0.232. The van der Waals surface area contributed by atoms with Crippen molar-refractivity contribution in [2.75, 3.05) is 13.1 Å². The molecule has 1 amide bonds. The number of nitrogens with zero attached hydrogens (tertiary/aromatic N) is 5. The summed E-state index contributed by atoms with van der Waals surface area (Å²) in [6, 6.07) is 12.5. The number of amides is 1. The molecule has 1 fully saturated rings. The van der Waals surface area contributed by atoms with Crippen LogP contribution in [0.25, 0.3) is 5.78 Å². The predicted molar refractivity (Wildman–Crippen MR) is 102 cm³/mol. The molecule has 7 heteroatoms. The van der Waals surface area contributed by atoms with Crippen molar-refractivity contribution in [1.29, 1.82) is 0 Å². The maximum atomic E-state index is 12.6. The number of carbonyl (C=O) groups excluding carboxylic acids is 1. The molecule has 1 aliphatic rings. The largest absolute Gasteiger partial charge is 0.345 e. The van der Waals surface area contributed by atoms with Crippen molar-refractivity contribution in [3.63, 3.8) is 0 Å². The second-order valence-corrected chi connectivity index (χ2v) is 7.22. The number of nitrogens with one attached hydrogen (secondary N) is 1. The number of piperidine rings is 1. The van der Waals surface area contributed by atoms with Crippen molar-refractivity contribution in [2.45, 2.75) is 39.3 Å². The highest BCUT2D eigenvalue weighted by molar-refractivity contribution is 5.91. The third-order valence-electron chi connectivity index (χ3n) is 4.91. The van der Waals surface area contributed by atoms with Gasteiger partial charge in [0.1, 0.15) is 0 Å². The number of rotatable bonds is 4. The summed E-state index contributed by atoms with van der Waals surface area (Å²) in [6.45, 7) is 6.63. The van der Waals surface area contributed by atoms with Gasteiger partial charge in [0.25, 0.3) is 11.7 Å². The summed E-state index contributed by atoms with van der Waals surface area (Å²) in [5.41, 5.74) is 3.07. The van der Waals surface area contributed by atoms with E-state index in [1.807, 2.05) is 26.0 Å². The topological polar surface area (TPSA) is 75.4 Å². The second kappa shape index (κ2) is 7.44. The Hall–Kier alpha value is -2.80. The lowest BCUT2D eigenvalue weighted by molar-refractivity contribution is 0.0890. The maximum absolute atomic E-state index is 12.6. The zero-order valence-electron chi connectivity index (χ0n) is 15.7. The van der Waals surface area contributed by atoms with E-state index in [0.717, 1.165) is 43.9 Å². The molecule has 0 radical (unpaired) electrons. The Balaban J connectivity index is 1.42. The minimum absolute atomic E-state index is 0.109. The summed E-state index contributed by atoms with van der Waals surface area (Å²) in [6.07, 6.45) is 2.04. The van der Waals surface area contributed by atoms with Crippen LogP contribution in [0, 0.1) is 13.8 Å². The molecule has 2 aromatic heterocycles. The van der Waals surface area contributed by atoms with Gasteiger partial charge in [-0.2, -0.15) is 4.98 Å². The van der Waals surface area contributed by atoms with Crippen molar-refractivity contribution >= 4 is 11.7 Å². The summed E-state index contributed by atoms with van der Waals surface area (Å²) < 4.78 is 1.62. The summed E-state index contributed by atoms with van der Waals surface area (Å²) >= 11 is 0. The number of fused-ring (bicyclic) bond motifs is 1. The lowest BCUT2D eigenvalue weighted by atomic mass is 10.0. The van der Waals surface area contributed by atoms with E-state index >= 15 is 0 Å². The molecule has 1 atom stereocenters. The Morgan fingerprint density at radius 2 is 2.04 bits per heavy atom. The highest BCUT2D eigenvalue weighted by Gasteiger charge is 2.24. The first kappa shape index (κ1) is 17.6. The van der Waals surface area contributed by atoms with Crippen LogP contribution in [0.2, 0.25) is 0 Å². The molecule has 4 rings (SSSR count). The zero-order chi connectivity index (χ0) is 18.8. The van der Waals surface area contributed by atoms with Gasteiger partial charge in [-0.15, -0.1) is 5.10 Å². The number of aryl methyl sites for hydroxylation is 2. The SMILES string of the molecule is Cc1cc(C)n2nc(C(=O)NC3CCCN(Cc4ccccc4)C3)nc2n1. The van der Waals surface area contributed by atoms with Crippen LogP contribution in [0.4, 0.5) is 0 Å². The van der Waals surface area contributed by atoms with Gasteiger partial charge in [-0.25, -0.2) is 9.50 Å². The van der Waals surface area contributed by atoms with Gasteiger partial charge in [-0.1, -0.05) is 30.3 Å². The Morgan fingerprint density at radius 1 is 1.22 bits per heavy atom. The quantitative estimate of drug-likeness (QED) is 0.768. The van der Waals surface area contributed by atoms with Crippen LogP contribution in [0.15, 0.2) is 36.4 Å². The monoisotopic (exact) mass is 364 g/mol. The van der Waals surface area contributed by atoms with Gasteiger partial charge in [-0.3, -0.25) is 9.69 Å². The molecule has 3 aromatic rings.